The van der Waals surface area contributed by atoms with Crippen LogP contribution in [0.2, 0.25) is 5.02 Å². The Labute approximate surface area is 313 Å². The number of carbonyl (C=O) groups is 3. The van der Waals surface area contributed by atoms with Crippen LogP contribution in [0, 0.1) is 25.2 Å². The summed E-state index contributed by atoms with van der Waals surface area (Å²) in [5.74, 6) is -0.982. The summed E-state index contributed by atoms with van der Waals surface area (Å²) in [7, 11) is 0. The first-order valence-corrected chi connectivity index (χ1v) is 18.6. The Bertz CT molecular complexity index is 1860. The second-order valence-corrected chi connectivity index (χ2v) is 15.2. The van der Waals surface area contributed by atoms with Crippen LogP contribution in [0.3, 0.4) is 0 Å². The summed E-state index contributed by atoms with van der Waals surface area (Å²) in [5.41, 5.74) is 7.19. The van der Waals surface area contributed by atoms with E-state index in [1.54, 1.807) is 19.2 Å². The number of carbonyl (C=O) groups excluding carboxylic acids is 2. The van der Waals surface area contributed by atoms with E-state index in [0.29, 0.717) is 55.2 Å². The average molecular weight is 748 g/mol. The van der Waals surface area contributed by atoms with Gasteiger partial charge in [0.2, 0.25) is 0 Å². The first-order chi connectivity index (χ1) is 24.8. The highest BCUT2D eigenvalue weighted by molar-refractivity contribution is 7.17. The lowest BCUT2D eigenvalue weighted by Crippen LogP contribution is -2.54. The maximum absolute atomic E-state index is 13.8. The Kier molecular flexibility index (Phi) is 12.8. The third-order valence-electron chi connectivity index (χ3n) is 9.41. The number of Topliss-reactive ketones (excluding diaryl/α,β-unsaturated/α-hetero) is 1. The lowest BCUT2D eigenvalue weighted by Gasteiger charge is -2.38. The molecule has 3 atom stereocenters. The Morgan fingerprint density at radius 3 is 2.40 bits per heavy atom. The first kappa shape index (κ1) is 38.9. The molecule has 52 heavy (non-hydrogen) atoms. The summed E-state index contributed by atoms with van der Waals surface area (Å²) < 4.78 is 0. The maximum atomic E-state index is 13.8. The minimum absolute atomic E-state index is 0.0474. The van der Waals surface area contributed by atoms with Gasteiger partial charge in [-0.1, -0.05) is 67.9 Å². The zero-order valence-corrected chi connectivity index (χ0v) is 31.5. The Balaban J connectivity index is 1.21. The van der Waals surface area contributed by atoms with E-state index >= 15 is 0 Å². The molecule has 5 N–H and O–H groups in total. The van der Waals surface area contributed by atoms with Crippen LogP contribution in [-0.2, 0) is 16.0 Å². The van der Waals surface area contributed by atoms with Crippen molar-refractivity contribution in [2.45, 2.75) is 59.1 Å². The Morgan fingerprint density at radius 2 is 1.75 bits per heavy atom. The number of rotatable bonds is 15. The predicted octanol–water partition coefficient (Wildman–Crippen LogP) is 5.25. The number of nitrogens with one attached hydrogen (secondary N) is 1. The van der Waals surface area contributed by atoms with Crippen molar-refractivity contribution in [3.8, 4) is 10.4 Å². The van der Waals surface area contributed by atoms with Gasteiger partial charge in [0.15, 0.2) is 10.8 Å². The molecule has 1 fully saturated rings. The van der Waals surface area contributed by atoms with Gasteiger partial charge in [-0.25, -0.2) is 15.0 Å². The number of aliphatic hydroxyl groups excluding tert-OH is 1. The zero-order chi connectivity index (χ0) is 37.6. The lowest BCUT2D eigenvalue weighted by molar-refractivity contribution is -0.161. The fourth-order valence-corrected chi connectivity index (χ4v) is 8.05. The number of nitrogens with zero attached hydrogens (tertiary/aromatic N) is 5. The summed E-state index contributed by atoms with van der Waals surface area (Å²) >= 11 is 7.68. The molecule has 3 heterocycles. The van der Waals surface area contributed by atoms with Gasteiger partial charge in [-0.2, -0.15) is 0 Å². The third-order valence-corrected chi connectivity index (χ3v) is 10.7. The summed E-state index contributed by atoms with van der Waals surface area (Å²) in [6.45, 7) is 10.2. The number of piperazine rings is 1. The molecule has 2 aromatic carbocycles. The molecule has 0 unspecified atom stereocenters. The number of carboxylic acid groups (broad SMARTS) is 1. The molecule has 0 radical (unpaired) electrons. The number of carboxylic acids is 1. The van der Waals surface area contributed by atoms with Crippen molar-refractivity contribution in [2.75, 3.05) is 42.9 Å². The largest absolute Gasteiger partial charge is 0.480 e. The average Bonchev–Trinajstić information content (AvgIpc) is 3.59. The van der Waals surface area contributed by atoms with Crippen LogP contribution in [0.1, 0.15) is 53.4 Å². The SMILES string of the molecule is Cc1nc(NC(=O)c2ncc(-c3c(C)cccc3Cl)s2)cc(N2CCN(CC[C@](CC(C)C)(C(=O)O)C(=O)[C@@H](O)[C@H](N)Cc3ccccc3)CC2)n1. The minimum Gasteiger partial charge on any atom is -0.480 e. The molecule has 14 heteroatoms. The molecule has 1 aliphatic heterocycles. The zero-order valence-electron chi connectivity index (χ0n) is 29.9. The van der Waals surface area contributed by atoms with E-state index in [1.807, 2.05) is 69.3 Å². The number of anilines is 2. The van der Waals surface area contributed by atoms with Gasteiger partial charge < -0.3 is 26.2 Å². The van der Waals surface area contributed by atoms with Crippen LogP contribution < -0.4 is 16.0 Å². The molecule has 0 aliphatic carbocycles. The molecule has 4 aromatic rings. The molecule has 276 valence electrons. The van der Waals surface area contributed by atoms with Gasteiger partial charge in [0.25, 0.3) is 5.91 Å². The number of aryl methyl sites for hydroxylation is 2. The normalized spacial score (nSPS) is 16.0. The fraction of sp³-hybridized carbons (Fsp3) is 0.421. The number of benzene rings is 2. The van der Waals surface area contributed by atoms with Crippen molar-refractivity contribution in [2.24, 2.45) is 17.1 Å². The minimum atomic E-state index is -1.78. The van der Waals surface area contributed by atoms with Gasteiger partial charge in [-0.05, 0) is 62.8 Å². The summed E-state index contributed by atoms with van der Waals surface area (Å²) in [4.78, 5) is 58.2. The topological polar surface area (TPSA) is 175 Å². The molecule has 0 spiro atoms. The Morgan fingerprint density at radius 1 is 1.04 bits per heavy atom. The van der Waals surface area contributed by atoms with Crippen molar-refractivity contribution < 1.29 is 24.6 Å². The van der Waals surface area contributed by atoms with E-state index in [2.05, 4.69) is 30.1 Å². The van der Waals surface area contributed by atoms with Gasteiger partial charge in [-0.15, -0.1) is 11.3 Å². The van der Waals surface area contributed by atoms with Gasteiger partial charge >= 0.3 is 5.97 Å². The number of halogens is 1. The van der Waals surface area contributed by atoms with Gasteiger partial charge in [0, 0.05) is 55.1 Å². The summed E-state index contributed by atoms with van der Waals surface area (Å²) in [5, 5.41) is 25.3. The van der Waals surface area contributed by atoms with E-state index in [9.17, 15) is 24.6 Å². The predicted molar refractivity (Wildman–Crippen MR) is 204 cm³/mol. The van der Waals surface area contributed by atoms with Gasteiger partial charge in [0.05, 0.1) is 4.88 Å². The van der Waals surface area contributed by atoms with E-state index in [0.717, 1.165) is 21.6 Å². The van der Waals surface area contributed by atoms with Crippen molar-refractivity contribution in [1.29, 1.82) is 0 Å². The molecule has 1 aliphatic rings. The number of nitrogens with two attached hydrogens (primary N) is 1. The molecule has 0 saturated carbocycles. The number of hydrogen-bond acceptors (Lipinski definition) is 11. The van der Waals surface area contributed by atoms with Gasteiger partial charge in [0.1, 0.15) is 29.0 Å². The highest BCUT2D eigenvalue weighted by atomic mass is 35.5. The highest BCUT2D eigenvalue weighted by Gasteiger charge is 2.49. The third kappa shape index (κ3) is 9.20. The van der Waals surface area contributed by atoms with E-state index in [-0.39, 0.29) is 36.1 Å². The van der Waals surface area contributed by atoms with Crippen LogP contribution in [-0.4, -0.2) is 92.6 Å². The van der Waals surface area contributed by atoms with Crippen LogP contribution in [0.15, 0.2) is 60.8 Å². The van der Waals surface area contributed by atoms with Gasteiger partial charge in [-0.3, -0.25) is 19.3 Å². The number of hydrogen-bond donors (Lipinski definition) is 4. The van der Waals surface area contributed by atoms with Crippen molar-refractivity contribution in [3.63, 3.8) is 0 Å². The number of aromatic nitrogens is 3. The number of amides is 1. The first-order valence-electron chi connectivity index (χ1n) is 17.4. The van der Waals surface area contributed by atoms with Crippen LogP contribution in [0.4, 0.5) is 11.6 Å². The highest BCUT2D eigenvalue weighted by Crippen LogP contribution is 2.36. The van der Waals surface area contributed by atoms with Crippen LogP contribution in [0.25, 0.3) is 10.4 Å². The van der Waals surface area contributed by atoms with Crippen LogP contribution >= 0.6 is 22.9 Å². The second kappa shape index (κ2) is 17.0. The van der Waals surface area contributed by atoms with E-state index < -0.39 is 29.3 Å². The summed E-state index contributed by atoms with van der Waals surface area (Å²) in [6.07, 6.45) is 0.410. The van der Waals surface area contributed by atoms with Crippen molar-refractivity contribution in [1.82, 2.24) is 19.9 Å². The standard InChI is InChI=1S/C38H46ClN7O5S/c1-23(2)21-38(37(50)51,34(48)33(47)28(40)19-26-10-6-5-7-11-26)13-14-45-15-17-46(18-16-45)31-20-30(42-25(4)43-31)44-35(49)36-41-22-29(52-36)32-24(3)9-8-12-27(32)39/h5-12,20,22-23,28,33,47H,13-19,21,40H2,1-4H3,(H,50,51)(H,42,43,44,49)/t28-,33+,38-/m1/s1. The molecular weight excluding hydrogens is 702 g/mol. The number of aliphatic hydroxyl groups is 1. The number of ketones is 1. The molecule has 1 saturated heterocycles. The molecule has 2 aromatic heterocycles. The molecule has 5 rings (SSSR count). The van der Waals surface area contributed by atoms with Crippen molar-refractivity contribution >= 4 is 52.2 Å². The van der Waals surface area contributed by atoms with Crippen molar-refractivity contribution in [3.05, 3.63) is 87.8 Å². The molecular formula is C38H46ClN7O5S. The molecule has 0 bridgehead atoms. The smallest absolute Gasteiger partial charge is 0.317 e. The van der Waals surface area contributed by atoms with E-state index in [4.69, 9.17) is 17.3 Å². The number of aliphatic carboxylic acids is 1. The number of thiazole rings is 1. The molecule has 12 nitrogen and oxygen atoms in total. The second-order valence-electron chi connectivity index (χ2n) is 13.8. The quantitative estimate of drug-likeness (QED) is 0.117. The van der Waals surface area contributed by atoms with Crippen LogP contribution in [0.5, 0.6) is 0 Å². The lowest BCUT2D eigenvalue weighted by atomic mass is 9.71. The Hall–Kier alpha value is -4.27. The maximum Gasteiger partial charge on any atom is 0.317 e. The molecule has 1 amide bonds. The summed E-state index contributed by atoms with van der Waals surface area (Å²) in [6, 6.07) is 15.7. The van der Waals surface area contributed by atoms with E-state index in [1.165, 1.54) is 11.3 Å². The monoisotopic (exact) mass is 747 g/mol. The fourth-order valence-electron chi connectivity index (χ4n) is 6.73.